The lowest BCUT2D eigenvalue weighted by Crippen LogP contribution is -2.33. The summed E-state index contributed by atoms with van der Waals surface area (Å²) in [5.74, 6) is 0.432. The van der Waals surface area contributed by atoms with E-state index in [9.17, 15) is 4.79 Å². The largest absolute Gasteiger partial charge is 0.481 e. The maximum absolute atomic E-state index is 10.6. The van der Waals surface area contributed by atoms with Gasteiger partial charge in [0, 0.05) is 27.6 Å². The molecule has 1 aliphatic carbocycles. The van der Waals surface area contributed by atoms with E-state index >= 15 is 0 Å². The van der Waals surface area contributed by atoms with Crippen molar-refractivity contribution in [3.05, 3.63) is 21.9 Å². The van der Waals surface area contributed by atoms with Crippen molar-refractivity contribution < 1.29 is 9.90 Å². The molecule has 1 heterocycles. The maximum atomic E-state index is 10.6. The second-order valence-electron chi connectivity index (χ2n) is 4.85. The molecule has 1 aliphatic rings. The van der Waals surface area contributed by atoms with Crippen molar-refractivity contribution in [2.24, 2.45) is 0 Å². The molecular formula is C14H21NO2S2. The van der Waals surface area contributed by atoms with Gasteiger partial charge in [-0.3, -0.25) is 4.79 Å². The third kappa shape index (κ3) is 4.51. The Labute approximate surface area is 122 Å². The predicted octanol–water partition coefficient (Wildman–Crippen LogP) is 3.14. The predicted molar refractivity (Wildman–Crippen MR) is 82.1 cm³/mol. The molecule has 19 heavy (non-hydrogen) atoms. The summed E-state index contributed by atoms with van der Waals surface area (Å²) in [7, 11) is 0. The molecule has 1 aromatic heterocycles. The molecule has 5 heteroatoms. The van der Waals surface area contributed by atoms with Gasteiger partial charge in [-0.2, -0.15) is 11.8 Å². The summed E-state index contributed by atoms with van der Waals surface area (Å²) in [5, 5.41) is 13.2. The fourth-order valence-electron chi connectivity index (χ4n) is 2.57. The monoisotopic (exact) mass is 299 g/mol. The van der Waals surface area contributed by atoms with Crippen LogP contribution in [-0.2, 0) is 17.8 Å². The van der Waals surface area contributed by atoms with Crippen LogP contribution >= 0.6 is 23.1 Å². The van der Waals surface area contributed by atoms with Gasteiger partial charge >= 0.3 is 5.97 Å². The van der Waals surface area contributed by atoms with E-state index in [0.29, 0.717) is 6.04 Å². The molecule has 3 nitrogen and oxygen atoms in total. The molecule has 0 aromatic carbocycles. The highest BCUT2D eigenvalue weighted by atomic mass is 32.2. The number of carboxylic acids is 1. The normalized spacial score (nSPS) is 22.8. The molecule has 1 saturated carbocycles. The fourth-order valence-corrected chi connectivity index (χ4v) is 4.75. The zero-order valence-electron chi connectivity index (χ0n) is 11.2. The molecule has 0 amide bonds. The van der Waals surface area contributed by atoms with Gasteiger partial charge < -0.3 is 10.4 Å². The average molecular weight is 299 g/mol. The van der Waals surface area contributed by atoms with Crippen LogP contribution in [0.15, 0.2) is 12.1 Å². The van der Waals surface area contributed by atoms with Gasteiger partial charge in [0.1, 0.15) is 0 Å². The van der Waals surface area contributed by atoms with Crippen LogP contribution in [0.5, 0.6) is 0 Å². The number of carbonyl (C=O) groups is 1. The van der Waals surface area contributed by atoms with E-state index in [2.05, 4.69) is 24.0 Å². The van der Waals surface area contributed by atoms with Gasteiger partial charge in [0.05, 0.1) is 6.42 Å². The number of aliphatic carboxylic acids is 1. The molecule has 0 saturated heterocycles. The van der Waals surface area contributed by atoms with E-state index in [1.54, 1.807) is 11.3 Å². The molecule has 1 aromatic rings. The molecule has 0 radical (unpaired) electrons. The van der Waals surface area contributed by atoms with Crippen LogP contribution in [0.25, 0.3) is 0 Å². The van der Waals surface area contributed by atoms with E-state index in [-0.39, 0.29) is 6.42 Å². The molecule has 2 atom stereocenters. The SMILES string of the molecule is CCSC1CCCC1NCc1ccc(CC(=O)O)s1. The van der Waals surface area contributed by atoms with E-state index in [4.69, 9.17) is 5.11 Å². The van der Waals surface area contributed by atoms with Crippen LogP contribution in [0.3, 0.4) is 0 Å². The molecule has 0 spiro atoms. The lowest BCUT2D eigenvalue weighted by atomic mass is 10.2. The Hall–Kier alpha value is -0.520. The van der Waals surface area contributed by atoms with Gasteiger partial charge in [0.15, 0.2) is 0 Å². The number of thiophene rings is 1. The van der Waals surface area contributed by atoms with Gasteiger partial charge in [-0.05, 0) is 30.7 Å². The van der Waals surface area contributed by atoms with E-state index in [0.717, 1.165) is 16.7 Å². The summed E-state index contributed by atoms with van der Waals surface area (Å²) in [6.45, 7) is 3.09. The van der Waals surface area contributed by atoms with Crippen LogP contribution in [0.1, 0.15) is 35.9 Å². The Morgan fingerprint density at radius 3 is 3.00 bits per heavy atom. The summed E-state index contributed by atoms with van der Waals surface area (Å²) in [6, 6.07) is 4.60. The van der Waals surface area contributed by atoms with Crippen molar-refractivity contribution in [3.8, 4) is 0 Å². The molecule has 2 rings (SSSR count). The minimum absolute atomic E-state index is 0.141. The number of thioether (sulfide) groups is 1. The molecule has 0 aliphatic heterocycles. The zero-order chi connectivity index (χ0) is 13.7. The first-order valence-electron chi connectivity index (χ1n) is 6.83. The van der Waals surface area contributed by atoms with Crippen molar-refractivity contribution >= 4 is 29.1 Å². The summed E-state index contributed by atoms with van der Waals surface area (Å²) in [6.07, 6.45) is 4.06. The van der Waals surface area contributed by atoms with Gasteiger partial charge in [0.25, 0.3) is 0 Å². The minimum Gasteiger partial charge on any atom is -0.481 e. The maximum Gasteiger partial charge on any atom is 0.308 e. The van der Waals surface area contributed by atoms with Crippen molar-refractivity contribution in [2.45, 2.75) is 50.4 Å². The van der Waals surface area contributed by atoms with Crippen molar-refractivity contribution in [2.75, 3.05) is 5.75 Å². The van der Waals surface area contributed by atoms with Gasteiger partial charge in [-0.25, -0.2) is 0 Å². The summed E-state index contributed by atoms with van der Waals surface area (Å²) >= 11 is 3.67. The molecule has 1 fully saturated rings. The summed E-state index contributed by atoms with van der Waals surface area (Å²) < 4.78 is 0. The molecule has 106 valence electrons. The van der Waals surface area contributed by atoms with Crippen LogP contribution in [0, 0.1) is 0 Å². The van der Waals surface area contributed by atoms with Crippen LogP contribution in [0.2, 0.25) is 0 Å². The number of hydrogen-bond acceptors (Lipinski definition) is 4. The summed E-state index contributed by atoms with van der Waals surface area (Å²) in [5.41, 5.74) is 0. The highest BCUT2D eigenvalue weighted by molar-refractivity contribution is 7.99. The van der Waals surface area contributed by atoms with E-state index < -0.39 is 5.97 Å². The average Bonchev–Trinajstić information content (AvgIpc) is 2.96. The third-order valence-corrected chi connectivity index (χ3v) is 5.83. The first-order chi connectivity index (χ1) is 9.19. The van der Waals surface area contributed by atoms with Gasteiger partial charge in [0.2, 0.25) is 0 Å². The zero-order valence-corrected chi connectivity index (χ0v) is 12.9. The number of carboxylic acid groups (broad SMARTS) is 1. The van der Waals surface area contributed by atoms with E-state index in [1.165, 1.54) is 29.9 Å². The number of rotatable bonds is 7. The first kappa shape index (κ1) is 14.9. The van der Waals surface area contributed by atoms with Crippen LogP contribution < -0.4 is 5.32 Å². The van der Waals surface area contributed by atoms with Crippen LogP contribution in [0.4, 0.5) is 0 Å². The molecule has 2 N–H and O–H groups in total. The highest BCUT2D eigenvalue weighted by Gasteiger charge is 2.26. The van der Waals surface area contributed by atoms with Gasteiger partial charge in [-0.15, -0.1) is 11.3 Å². The van der Waals surface area contributed by atoms with Gasteiger partial charge in [-0.1, -0.05) is 13.3 Å². The van der Waals surface area contributed by atoms with Crippen molar-refractivity contribution in [1.29, 1.82) is 0 Å². The van der Waals surface area contributed by atoms with Crippen LogP contribution in [-0.4, -0.2) is 28.1 Å². The Morgan fingerprint density at radius 1 is 1.47 bits per heavy atom. The molecule has 0 bridgehead atoms. The highest BCUT2D eigenvalue weighted by Crippen LogP contribution is 2.30. The summed E-state index contributed by atoms with van der Waals surface area (Å²) in [4.78, 5) is 12.8. The second kappa shape index (κ2) is 7.31. The Bertz CT molecular complexity index is 419. The Morgan fingerprint density at radius 2 is 2.26 bits per heavy atom. The quantitative estimate of drug-likeness (QED) is 0.812. The smallest absolute Gasteiger partial charge is 0.308 e. The second-order valence-corrected chi connectivity index (χ2v) is 7.62. The third-order valence-electron chi connectivity index (χ3n) is 3.41. The number of hydrogen-bond donors (Lipinski definition) is 2. The Balaban J connectivity index is 1.81. The fraction of sp³-hybridized carbons (Fsp3) is 0.643. The Kier molecular flexibility index (Phi) is 5.73. The van der Waals surface area contributed by atoms with Crippen molar-refractivity contribution in [3.63, 3.8) is 0 Å². The standard InChI is InChI=1S/C14H21NO2S2/c1-2-18-13-5-3-4-12(13)15-9-11-7-6-10(19-11)8-14(16)17/h6-7,12-13,15H,2-5,8-9H2,1H3,(H,16,17). The number of nitrogens with one attached hydrogen (secondary N) is 1. The minimum atomic E-state index is -0.753. The van der Waals surface area contributed by atoms with Crippen molar-refractivity contribution in [1.82, 2.24) is 5.32 Å². The first-order valence-corrected chi connectivity index (χ1v) is 8.70. The lowest BCUT2D eigenvalue weighted by molar-refractivity contribution is -0.136. The molecule has 2 unspecified atom stereocenters. The lowest BCUT2D eigenvalue weighted by Gasteiger charge is -2.19. The molecular weight excluding hydrogens is 278 g/mol. The van der Waals surface area contributed by atoms with E-state index in [1.807, 2.05) is 12.1 Å². The topological polar surface area (TPSA) is 49.3 Å².